The topological polar surface area (TPSA) is 65.0 Å². The molecule has 0 amide bonds. The molecule has 0 fully saturated rings. The van der Waals surface area contributed by atoms with Crippen LogP contribution >= 0.6 is 11.6 Å². The van der Waals surface area contributed by atoms with Gasteiger partial charge in [0.25, 0.3) is 0 Å². The van der Waals surface area contributed by atoms with Crippen molar-refractivity contribution in [3.63, 3.8) is 0 Å². The van der Waals surface area contributed by atoms with Crippen LogP contribution in [0.2, 0.25) is 5.15 Å². The molecule has 0 radical (unpaired) electrons. The minimum atomic E-state index is -0.714. The summed E-state index contributed by atoms with van der Waals surface area (Å²) in [6.45, 7) is 5.68. The molecule has 2 heterocycles. The summed E-state index contributed by atoms with van der Waals surface area (Å²) in [5, 5.41) is 0.428. The highest BCUT2D eigenvalue weighted by Crippen LogP contribution is 2.39. The summed E-state index contributed by atoms with van der Waals surface area (Å²) in [5.41, 5.74) is 3.04. The lowest BCUT2D eigenvalue weighted by atomic mass is 9.70. The predicted octanol–water partition coefficient (Wildman–Crippen LogP) is 3.24. The lowest BCUT2D eigenvalue weighted by Crippen LogP contribution is -2.39. The number of aromatic nitrogens is 3. The van der Waals surface area contributed by atoms with Crippen molar-refractivity contribution >= 4 is 17.4 Å². The van der Waals surface area contributed by atoms with Gasteiger partial charge in [-0.15, -0.1) is 0 Å². The third-order valence-electron chi connectivity index (χ3n) is 4.43. The van der Waals surface area contributed by atoms with Crippen LogP contribution in [0.1, 0.15) is 46.3 Å². The minimum absolute atomic E-state index is 0.0283. The van der Waals surface area contributed by atoms with Gasteiger partial charge in [0.15, 0.2) is 5.78 Å². The highest BCUT2D eigenvalue weighted by molar-refractivity contribution is 6.29. The number of hydrogen-bond donors (Lipinski definition) is 0. The Morgan fingerprint density at radius 1 is 1.22 bits per heavy atom. The maximum absolute atomic E-state index is 13.2. The van der Waals surface area contributed by atoms with Crippen LogP contribution in [-0.2, 0) is 11.8 Å². The van der Waals surface area contributed by atoms with Crippen LogP contribution in [0.25, 0.3) is 0 Å². The first-order valence-electron chi connectivity index (χ1n) is 7.46. The number of carbonyl (C=O) groups is 1. The third-order valence-corrected chi connectivity index (χ3v) is 4.63. The number of carbonyl (C=O) groups excluding carboxylic acids is 1. The summed E-state index contributed by atoms with van der Waals surface area (Å²) < 4.78 is 5.15. The van der Waals surface area contributed by atoms with E-state index in [9.17, 15) is 4.79 Å². The Hall–Kier alpha value is -2.01. The van der Waals surface area contributed by atoms with Crippen molar-refractivity contribution in [1.82, 2.24) is 15.0 Å². The van der Waals surface area contributed by atoms with Crippen molar-refractivity contribution in [3.8, 4) is 6.01 Å². The first-order valence-corrected chi connectivity index (χ1v) is 7.84. The van der Waals surface area contributed by atoms with Gasteiger partial charge in [-0.1, -0.05) is 11.6 Å². The summed E-state index contributed by atoms with van der Waals surface area (Å²) in [4.78, 5) is 26.1. The van der Waals surface area contributed by atoms with Crippen LogP contribution in [-0.4, -0.2) is 27.8 Å². The van der Waals surface area contributed by atoms with Gasteiger partial charge in [-0.2, -0.15) is 4.98 Å². The summed E-state index contributed by atoms with van der Waals surface area (Å²) >= 11 is 6.02. The number of methoxy groups -OCH3 is 1. The van der Waals surface area contributed by atoms with E-state index in [0.717, 1.165) is 17.0 Å². The molecule has 0 aliphatic heterocycles. The summed E-state index contributed by atoms with van der Waals surface area (Å²) in [6, 6.07) is 3.87. The lowest BCUT2D eigenvalue weighted by Gasteiger charge is -2.33. The maximum atomic E-state index is 13.2. The fourth-order valence-electron chi connectivity index (χ4n) is 3.10. The average molecular weight is 332 g/mol. The fraction of sp³-hybridized carbons (Fsp3) is 0.412. The van der Waals surface area contributed by atoms with Crippen LogP contribution in [0.3, 0.4) is 0 Å². The Kier molecular flexibility index (Phi) is 3.84. The van der Waals surface area contributed by atoms with E-state index in [-0.39, 0.29) is 11.8 Å². The van der Waals surface area contributed by atoms with Gasteiger partial charge in [-0.05, 0) is 51.3 Å². The van der Waals surface area contributed by atoms with Gasteiger partial charge in [0.2, 0.25) is 0 Å². The Morgan fingerprint density at radius 3 is 2.65 bits per heavy atom. The first-order chi connectivity index (χ1) is 10.8. The summed E-state index contributed by atoms with van der Waals surface area (Å²) in [6.07, 6.45) is 1.32. The molecular weight excluding hydrogens is 314 g/mol. The van der Waals surface area contributed by atoms with Crippen molar-refractivity contribution < 1.29 is 9.53 Å². The average Bonchev–Trinajstić information content (AvgIpc) is 2.50. The molecule has 2 aromatic rings. The SMILES string of the molecule is COc1nc(C)cc(C2(C)CCc3nc(Cl)cc(C)c3C2=O)n1. The second-order valence-corrected chi connectivity index (χ2v) is 6.51. The number of nitrogens with zero attached hydrogens (tertiary/aromatic N) is 3. The second-order valence-electron chi connectivity index (χ2n) is 6.13. The monoisotopic (exact) mass is 331 g/mol. The van der Waals surface area contributed by atoms with Gasteiger partial charge in [0.05, 0.1) is 23.9 Å². The number of halogens is 1. The molecular formula is C17H18ClN3O2. The smallest absolute Gasteiger partial charge is 0.316 e. The van der Waals surface area contributed by atoms with Gasteiger partial charge in [0.1, 0.15) is 5.15 Å². The quantitative estimate of drug-likeness (QED) is 0.790. The Morgan fingerprint density at radius 2 is 1.96 bits per heavy atom. The highest BCUT2D eigenvalue weighted by Gasteiger charge is 2.43. The number of ether oxygens (including phenoxy) is 1. The number of aryl methyl sites for hydroxylation is 3. The van der Waals surface area contributed by atoms with Crippen molar-refractivity contribution in [3.05, 3.63) is 45.5 Å². The van der Waals surface area contributed by atoms with E-state index in [1.165, 1.54) is 7.11 Å². The Balaban J connectivity index is 2.14. The third kappa shape index (κ3) is 2.59. The predicted molar refractivity (Wildman–Crippen MR) is 87.3 cm³/mol. The van der Waals surface area contributed by atoms with Gasteiger partial charge in [0, 0.05) is 11.3 Å². The molecule has 0 bridgehead atoms. The molecule has 0 N–H and O–H groups in total. The highest BCUT2D eigenvalue weighted by atomic mass is 35.5. The van der Waals surface area contributed by atoms with Crippen LogP contribution in [0, 0.1) is 13.8 Å². The number of rotatable bonds is 2. The molecule has 1 unspecified atom stereocenters. The number of hydrogen-bond acceptors (Lipinski definition) is 5. The number of pyridine rings is 1. The largest absolute Gasteiger partial charge is 0.467 e. The van der Waals surface area contributed by atoms with E-state index < -0.39 is 5.41 Å². The van der Waals surface area contributed by atoms with Crippen LogP contribution in [0.15, 0.2) is 12.1 Å². The standard InChI is InChI=1S/C17H18ClN3O2/c1-9-7-13(18)20-11-5-6-17(3,15(22)14(9)11)12-8-10(2)19-16(21-12)23-4/h7-8H,5-6H2,1-4H3. The van der Waals surface area contributed by atoms with E-state index in [2.05, 4.69) is 15.0 Å². The van der Waals surface area contributed by atoms with Gasteiger partial charge >= 0.3 is 6.01 Å². The zero-order valence-corrected chi connectivity index (χ0v) is 14.4. The molecule has 120 valence electrons. The number of fused-ring (bicyclic) bond motifs is 1. The molecule has 6 heteroatoms. The number of Topliss-reactive ketones (excluding diaryl/α,β-unsaturated/α-hetero) is 1. The van der Waals surface area contributed by atoms with E-state index in [4.69, 9.17) is 16.3 Å². The molecule has 0 saturated heterocycles. The minimum Gasteiger partial charge on any atom is -0.467 e. The maximum Gasteiger partial charge on any atom is 0.316 e. The van der Waals surface area contributed by atoms with Crippen LogP contribution in [0.5, 0.6) is 6.01 Å². The van der Waals surface area contributed by atoms with E-state index >= 15 is 0 Å². The summed E-state index contributed by atoms with van der Waals surface area (Å²) in [7, 11) is 1.52. The number of ketones is 1. The normalized spacial score (nSPS) is 20.3. The molecule has 1 aliphatic rings. The van der Waals surface area contributed by atoms with Gasteiger partial charge < -0.3 is 4.74 Å². The van der Waals surface area contributed by atoms with Crippen molar-refractivity contribution in [2.45, 2.75) is 39.0 Å². The van der Waals surface area contributed by atoms with Crippen LogP contribution in [0.4, 0.5) is 0 Å². The van der Waals surface area contributed by atoms with Gasteiger partial charge in [-0.3, -0.25) is 4.79 Å². The van der Waals surface area contributed by atoms with E-state index in [0.29, 0.717) is 29.3 Å². The molecule has 1 aliphatic carbocycles. The molecule has 0 spiro atoms. The zero-order chi connectivity index (χ0) is 16.8. The summed E-state index contributed by atoms with van der Waals surface area (Å²) in [5.74, 6) is 0.0283. The molecule has 2 aromatic heterocycles. The molecule has 0 saturated carbocycles. The molecule has 3 rings (SSSR count). The molecule has 5 nitrogen and oxygen atoms in total. The van der Waals surface area contributed by atoms with Crippen molar-refractivity contribution in [2.24, 2.45) is 0 Å². The van der Waals surface area contributed by atoms with E-state index in [1.807, 2.05) is 26.8 Å². The van der Waals surface area contributed by atoms with Gasteiger partial charge in [-0.25, -0.2) is 9.97 Å². The molecule has 0 aromatic carbocycles. The van der Waals surface area contributed by atoms with Crippen molar-refractivity contribution in [1.29, 1.82) is 0 Å². The Bertz CT molecular complexity index is 807. The Labute approximate surface area is 140 Å². The fourth-order valence-corrected chi connectivity index (χ4v) is 3.37. The molecule has 1 atom stereocenters. The molecule has 23 heavy (non-hydrogen) atoms. The van der Waals surface area contributed by atoms with Crippen LogP contribution < -0.4 is 4.74 Å². The van der Waals surface area contributed by atoms with E-state index in [1.54, 1.807) is 6.07 Å². The second kappa shape index (κ2) is 5.57. The zero-order valence-electron chi connectivity index (χ0n) is 13.6. The van der Waals surface area contributed by atoms with Crippen molar-refractivity contribution in [2.75, 3.05) is 7.11 Å². The first kappa shape index (κ1) is 15.9. The lowest BCUT2D eigenvalue weighted by molar-refractivity contribution is 0.0869.